The van der Waals surface area contributed by atoms with Crippen molar-refractivity contribution in [3.8, 4) is 0 Å². The van der Waals surface area contributed by atoms with Gasteiger partial charge in [0.25, 0.3) is 0 Å². The number of fused-ring (bicyclic) bond motifs is 2. The van der Waals surface area contributed by atoms with Crippen LogP contribution in [0.15, 0.2) is 48.5 Å². The second-order valence-corrected chi connectivity index (χ2v) is 5.56. The fourth-order valence-electron chi connectivity index (χ4n) is 2.91. The molecule has 3 aromatic carbocycles. The van der Waals surface area contributed by atoms with Crippen molar-refractivity contribution in [1.82, 2.24) is 0 Å². The van der Waals surface area contributed by atoms with Crippen LogP contribution in [0.25, 0.3) is 21.5 Å². The first-order valence-corrected chi connectivity index (χ1v) is 7.70. The standard InChI is InChI=1S/C20H21/c1-2-3-4-5-9-16-12-8-13-19-14-17-10-6-7-11-18(17)15-20(16)19/h6-8,10-12,14-15H,2-5,9H2,1H3. The number of hydrogen-bond acceptors (Lipinski definition) is 0. The van der Waals surface area contributed by atoms with Crippen molar-refractivity contribution >= 4 is 21.5 Å². The molecule has 0 N–H and O–H groups in total. The van der Waals surface area contributed by atoms with Crippen LogP contribution in [-0.2, 0) is 6.42 Å². The molecule has 101 valence electrons. The van der Waals surface area contributed by atoms with Crippen molar-refractivity contribution in [1.29, 1.82) is 0 Å². The highest BCUT2D eigenvalue weighted by Gasteiger charge is 2.03. The first-order chi connectivity index (χ1) is 9.88. The molecule has 1 radical (unpaired) electrons. The van der Waals surface area contributed by atoms with E-state index in [4.69, 9.17) is 0 Å². The summed E-state index contributed by atoms with van der Waals surface area (Å²) in [6.07, 6.45) is 6.46. The lowest BCUT2D eigenvalue weighted by Crippen LogP contribution is -1.88. The Morgan fingerprint density at radius 1 is 0.900 bits per heavy atom. The fraction of sp³-hybridized carbons (Fsp3) is 0.300. The molecule has 0 amide bonds. The summed E-state index contributed by atoms with van der Waals surface area (Å²) in [5, 5.41) is 5.26. The number of hydrogen-bond donors (Lipinski definition) is 0. The van der Waals surface area contributed by atoms with Crippen LogP contribution >= 0.6 is 0 Å². The first kappa shape index (κ1) is 13.2. The predicted octanol–water partition coefficient (Wildman–Crippen LogP) is 5.92. The van der Waals surface area contributed by atoms with Crippen LogP contribution in [-0.4, -0.2) is 0 Å². The SMILES string of the molecule is CCCCCCc1cc[c]c2cc3ccccc3cc12. The van der Waals surface area contributed by atoms with E-state index in [9.17, 15) is 0 Å². The fourth-order valence-corrected chi connectivity index (χ4v) is 2.91. The largest absolute Gasteiger partial charge is 0.0654 e. The summed E-state index contributed by atoms with van der Waals surface area (Å²) in [7, 11) is 0. The molecule has 0 heterocycles. The Bertz CT molecular complexity index is 709. The predicted molar refractivity (Wildman–Crippen MR) is 88.1 cm³/mol. The summed E-state index contributed by atoms with van der Waals surface area (Å²) in [4.78, 5) is 0. The van der Waals surface area contributed by atoms with Crippen LogP contribution in [0.2, 0.25) is 0 Å². The number of rotatable bonds is 5. The number of benzene rings is 3. The number of aryl methyl sites for hydroxylation is 1. The molecule has 0 aliphatic carbocycles. The van der Waals surface area contributed by atoms with Crippen molar-refractivity contribution in [2.45, 2.75) is 39.0 Å². The summed E-state index contributed by atoms with van der Waals surface area (Å²) in [6, 6.07) is 20.9. The molecule has 20 heavy (non-hydrogen) atoms. The molecular formula is C20H21. The van der Waals surface area contributed by atoms with E-state index in [0.29, 0.717) is 0 Å². The van der Waals surface area contributed by atoms with E-state index in [2.05, 4.69) is 61.5 Å². The third-order valence-electron chi connectivity index (χ3n) is 4.05. The Hall–Kier alpha value is -1.82. The van der Waals surface area contributed by atoms with E-state index in [0.717, 1.165) is 0 Å². The van der Waals surface area contributed by atoms with Crippen LogP contribution in [0.3, 0.4) is 0 Å². The molecule has 0 aromatic heterocycles. The van der Waals surface area contributed by atoms with Crippen LogP contribution in [0.4, 0.5) is 0 Å². The van der Waals surface area contributed by atoms with Gasteiger partial charge < -0.3 is 0 Å². The maximum Gasteiger partial charge on any atom is -0.00960 e. The minimum Gasteiger partial charge on any atom is -0.0654 e. The lowest BCUT2D eigenvalue weighted by atomic mass is 9.96. The van der Waals surface area contributed by atoms with Gasteiger partial charge in [-0.15, -0.1) is 0 Å². The normalized spacial score (nSPS) is 11.2. The lowest BCUT2D eigenvalue weighted by Gasteiger charge is -2.08. The molecule has 0 saturated carbocycles. The summed E-state index contributed by atoms with van der Waals surface area (Å²) >= 11 is 0. The van der Waals surface area contributed by atoms with E-state index in [1.807, 2.05) is 0 Å². The molecule has 0 fully saturated rings. The third kappa shape index (κ3) is 2.70. The van der Waals surface area contributed by atoms with Gasteiger partial charge in [-0.3, -0.25) is 0 Å². The maximum atomic E-state index is 3.38. The van der Waals surface area contributed by atoms with Crippen molar-refractivity contribution in [3.63, 3.8) is 0 Å². The van der Waals surface area contributed by atoms with Gasteiger partial charge in [0.15, 0.2) is 0 Å². The van der Waals surface area contributed by atoms with Gasteiger partial charge in [-0.05, 0) is 58.1 Å². The van der Waals surface area contributed by atoms with Gasteiger partial charge in [-0.2, -0.15) is 0 Å². The van der Waals surface area contributed by atoms with Gasteiger partial charge in [0.2, 0.25) is 0 Å². The molecule has 0 atom stereocenters. The van der Waals surface area contributed by atoms with E-state index < -0.39 is 0 Å². The molecule has 0 nitrogen and oxygen atoms in total. The zero-order valence-corrected chi connectivity index (χ0v) is 12.2. The molecule has 0 heteroatoms. The minimum absolute atomic E-state index is 1.18. The van der Waals surface area contributed by atoms with Crippen LogP contribution in [0.1, 0.15) is 38.2 Å². The lowest BCUT2D eigenvalue weighted by molar-refractivity contribution is 0.668. The number of unbranched alkanes of at least 4 members (excludes halogenated alkanes) is 3. The van der Waals surface area contributed by atoms with Gasteiger partial charge >= 0.3 is 0 Å². The molecule has 0 saturated heterocycles. The van der Waals surface area contributed by atoms with Crippen molar-refractivity contribution in [2.24, 2.45) is 0 Å². The van der Waals surface area contributed by atoms with Gasteiger partial charge in [-0.1, -0.05) is 62.6 Å². The first-order valence-electron chi connectivity index (χ1n) is 7.70. The summed E-state index contributed by atoms with van der Waals surface area (Å²) in [5.74, 6) is 0. The van der Waals surface area contributed by atoms with Crippen LogP contribution < -0.4 is 0 Å². The average molecular weight is 261 g/mol. The quantitative estimate of drug-likeness (QED) is 0.395. The molecule has 3 aromatic rings. The molecule has 0 spiro atoms. The minimum atomic E-state index is 1.18. The molecule has 0 unspecified atom stereocenters. The van der Waals surface area contributed by atoms with Gasteiger partial charge in [0, 0.05) is 0 Å². The molecular weight excluding hydrogens is 240 g/mol. The second kappa shape index (κ2) is 6.09. The third-order valence-corrected chi connectivity index (χ3v) is 4.05. The maximum absolute atomic E-state index is 3.38. The van der Waals surface area contributed by atoms with E-state index in [-0.39, 0.29) is 0 Å². The average Bonchev–Trinajstić information content (AvgIpc) is 2.50. The summed E-state index contributed by atoms with van der Waals surface area (Å²) < 4.78 is 0. The highest BCUT2D eigenvalue weighted by atomic mass is 14.1. The van der Waals surface area contributed by atoms with Gasteiger partial charge in [0.1, 0.15) is 0 Å². The van der Waals surface area contributed by atoms with Crippen molar-refractivity contribution < 1.29 is 0 Å². The zero-order chi connectivity index (χ0) is 13.8. The molecule has 3 rings (SSSR count). The Morgan fingerprint density at radius 3 is 2.50 bits per heavy atom. The van der Waals surface area contributed by atoms with Crippen LogP contribution in [0.5, 0.6) is 0 Å². The van der Waals surface area contributed by atoms with Crippen LogP contribution in [0, 0.1) is 6.07 Å². The van der Waals surface area contributed by atoms with Crippen molar-refractivity contribution in [3.05, 3.63) is 60.2 Å². The van der Waals surface area contributed by atoms with E-state index in [1.165, 1.54) is 59.2 Å². The highest BCUT2D eigenvalue weighted by Crippen LogP contribution is 2.26. The van der Waals surface area contributed by atoms with E-state index in [1.54, 1.807) is 0 Å². The zero-order valence-electron chi connectivity index (χ0n) is 12.2. The highest BCUT2D eigenvalue weighted by molar-refractivity contribution is 5.99. The van der Waals surface area contributed by atoms with Crippen molar-refractivity contribution in [2.75, 3.05) is 0 Å². The second-order valence-electron chi connectivity index (χ2n) is 5.56. The topological polar surface area (TPSA) is 0 Å². The Balaban J connectivity index is 1.97. The summed E-state index contributed by atoms with van der Waals surface area (Å²) in [6.45, 7) is 2.26. The van der Waals surface area contributed by atoms with Gasteiger partial charge in [0.05, 0.1) is 0 Å². The molecule has 0 aliphatic rings. The van der Waals surface area contributed by atoms with E-state index >= 15 is 0 Å². The Labute approximate surface area is 121 Å². The summed E-state index contributed by atoms with van der Waals surface area (Å²) in [5.41, 5.74) is 1.47. The van der Waals surface area contributed by atoms with Gasteiger partial charge in [-0.25, -0.2) is 0 Å². The molecule has 0 bridgehead atoms. The monoisotopic (exact) mass is 261 g/mol. The Morgan fingerprint density at radius 2 is 1.70 bits per heavy atom. The smallest absolute Gasteiger partial charge is 0.00960 e. The molecule has 0 aliphatic heterocycles. The Kier molecular flexibility index (Phi) is 4.01.